The number of fused-ring (bicyclic) bond motifs is 1. The third kappa shape index (κ3) is 4.40. The van der Waals surface area contributed by atoms with Crippen LogP contribution >= 0.6 is 0 Å². The monoisotopic (exact) mass is 482 g/mol. The summed E-state index contributed by atoms with van der Waals surface area (Å²) in [5, 5.41) is 0. The molecule has 0 atom stereocenters. The highest BCUT2D eigenvalue weighted by atomic mass is 16.5. The highest BCUT2D eigenvalue weighted by Gasteiger charge is 2.32. The summed E-state index contributed by atoms with van der Waals surface area (Å²) in [4.78, 5) is 28.0. The molecule has 4 aromatic rings. The number of aromatic nitrogens is 2. The molecule has 0 bridgehead atoms. The number of aliphatic imine (C=N–C) groups is 1. The second kappa shape index (κ2) is 9.95. The van der Waals surface area contributed by atoms with Crippen LogP contribution in [0.3, 0.4) is 0 Å². The van der Waals surface area contributed by atoms with Crippen LogP contribution in [0.2, 0.25) is 0 Å². The smallest absolute Gasteiger partial charge is 0.278 e. The quantitative estimate of drug-likeness (QED) is 0.375. The molecule has 0 aliphatic carbocycles. The van der Waals surface area contributed by atoms with Crippen molar-refractivity contribution in [2.24, 2.45) is 4.99 Å². The fourth-order valence-corrected chi connectivity index (χ4v) is 4.24. The summed E-state index contributed by atoms with van der Waals surface area (Å²) in [7, 11) is 4.77. The molecule has 3 aromatic carbocycles. The lowest BCUT2D eigenvalue weighted by Crippen LogP contribution is -2.35. The Balaban J connectivity index is 1.50. The number of nitrogens with one attached hydrogen (secondary N) is 1. The molecule has 36 heavy (non-hydrogen) atoms. The summed E-state index contributed by atoms with van der Waals surface area (Å²) in [6.45, 7) is 0.402. The molecule has 1 aromatic heterocycles. The molecule has 0 saturated carbocycles. The largest absolute Gasteiger partial charge is 0.496 e. The van der Waals surface area contributed by atoms with E-state index in [1.54, 1.807) is 38.4 Å². The van der Waals surface area contributed by atoms with Crippen LogP contribution in [0, 0.1) is 0 Å². The van der Waals surface area contributed by atoms with Gasteiger partial charge in [0.2, 0.25) is 0 Å². The number of amidine groups is 1. The number of ether oxygens (including phenoxy) is 3. The summed E-state index contributed by atoms with van der Waals surface area (Å²) < 4.78 is 16.3. The third-order valence-electron chi connectivity index (χ3n) is 6.02. The molecule has 1 amide bonds. The van der Waals surface area contributed by atoms with Crippen LogP contribution < -0.4 is 14.2 Å². The van der Waals surface area contributed by atoms with Gasteiger partial charge in [-0.15, -0.1) is 0 Å². The number of amides is 1. The van der Waals surface area contributed by atoms with E-state index in [4.69, 9.17) is 19.2 Å². The lowest BCUT2D eigenvalue weighted by molar-refractivity contribution is -0.122. The normalized spacial score (nSPS) is 14.4. The van der Waals surface area contributed by atoms with E-state index in [2.05, 4.69) is 9.97 Å². The van der Waals surface area contributed by atoms with Gasteiger partial charge in [0.05, 0.1) is 37.9 Å². The van der Waals surface area contributed by atoms with Gasteiger partial charge in [-0.3, -0.25) is 9.69 Å². The predicted molar refractivity (Wildman–Crippen MR) is 139 cm³/mol. The van der Waals surface area contributed by atoms with E-state index in [0.717, 1.165) is 28.0 Å². The third-order valence-corrected chi connectivity index (χ3v) is 6.02. The molecule has 0 spiro atoms. The first-order valence-electron chi connectivity index (χ1n) is 11.5. The fraction of sp³-hybridized carbons (Fsp3) is 0.179. The van der Waals surface area contributed by atoms with Crippen molar-refractivity contribution < 1.29 is 19.0 Å². The minimum atomic E-state index is -0.193. The fourth-order valence-electron chi connectivity index (χ4n) is 4.24. The molecule has 5 rings (SSSR count). The zero-order chi connectivity index (χ0) is 25.1. The molecule has 0 radical (unpaired) electrons. The lowest BCUT2D eigenvalue weighted by atomic mass is 10.1. The van der Waals surface area contributed by atoms with Crippen molar-refractivity contribution in [2.45, 2.75) is 6.42 Å². The number of benzene rings is 3. The first kappa shape index (κ1) is 23.2. The van der Waals surface area contributed by atoms with Crippen molar-refractivity contribution in [3.8, 4) is 17.2 Å². The van der Waals surface area contributed by atoms with Crippen molar-refractivity contribution in [3.63, 3.8) is 0 Å². The predicted octanol–water partition coefficient (Wildman–Crippen LogP) is 4.46. The highest BCUT2D eigenvalue weighted by molar-refractivity contribution is 6.20. The number of methoxy groups -OCH3 is 3. The first-order chi connectivity index (χ1) is 17.6. The second-order valence-electron chi connectivity index (χ2n) is 8.19. The van der Waals surface area contributed by atoms with Crippen LogP contribution in [0.5, 0.6) is 17.2 Å². The van der Waals surface area contributed by atoms with Gasteiger partial charge in [-0.05, 0) is 48.0 Å². The van der Waals surface area contributed by atoms with Gasteiger partial charge in [-0.2, -0.15) is 0 Å². The van der Waals surface area contributed by atoms with E-state index >= 15 is 0 Å². The first-order valence-corrected chi connectivity index (χ1v) is 11.5. The molecule has 0 unspecified atom stereocenters. The van der Waals surface area contributed by atoms with Crippen molar-refractivity contribution in [1.82, 2.24) is 14.9 Å². The standard InChI is InChI=1S/C28H26N4O4/c1-34-23-11-7-4-8-19(23)27-31-22(16-18-12-13-24(35-2)25(17-18)36-3)28(33)32(27)15-14-26-29-20-9-5-6-10-21(20)30-26/h4-13,16-17H,14-15H2,1-3H3,(H,29,30)/b22-16-. The molecule has 182 valence electrons. The number of carbonyl (C=O) groups excluding carboxylic acids is 1. The summed E-state index contributed by atoms with van der Waals surface area (Å²) in [6.07, 6.45) is 2.29. The number of hydrogen-bond acceptors (Lipinski definition) is 6. The van der Waals surface area contributed by atoms with Gasteiger partial charge >= 0.3 is 0 Å². The maximum Gasteiger partial charge on any atom is 0.278 e. The van der Waals surface area contributed by atoms with E-state index < -0.39 is 0 Å². The Morgan fingerprint density at radius 1 is 0.889 bits per heavy atom. The number of rotatable bonds is 8. The number of nitrogens with zero attached hydrogens (tertiary/aromatic N) is 3. The summed E-state index contributed by atoms with van der Waals surface area (Å²) >= 11 is 0. The Morgan fingerprint density at radius 2 is 1.64 bits per heavy atom. The van der Waals surface area contributed by atoms with Crippen LogP contribution in [0.1, 0.15) is 17.0 Å². The Bertz CT molecular complexity index is 1450. The number of H-pyrrole nitrogens is 1. The molecule has 2 heterocycles. The van der Waals surface area contributed by atoms with E-state index in [9.17, 15) is 4.79 Å². The zero-order valence-electron chi connectivity index (χ0n) is 20.3. The maximum atomic E-state index is 13.6. The molecule has 0 saturated heterocycles. The average Bonchev–Trinajstić information content (AvgIpc) is 3.47. The molecule has 0 fully saturated rings. The molecule has 1 N–H and O–H groups in total. The van der Waals surface area contributed by atoms with Crippen LogP contribution in [0.4, 0.5) is 0 Å². The van der Waals surface area contributed by atoms with Gasteiger partial charge in [0.1, 0.15) is 23.1 Å². The topological polar surface area (TPSA) is 89.0 Å². The van der Waals surface area contributed by atoms with Gasteiger partial charge in [-0.1, -0.05) is 30.3 Å². The maximum absolute atomic E-state index is 13.6. The van der Waals surface area contributed by atoms with Crippen LogP contribution in [-0.2, 0) is 11.2 Å². The molecular formula is C28H26N4O4. The number of aromatic amines is 1. The number of imidazole rings is 1. The molecular weight excluding hydrogens is 456 g/mol. The SMILES string of the molecule is COc1ccc(/C=C2\N=C(c3ccccc3OC)N(CCc3nc4ccccc4[nH]3)C2=O)cc1OC. The van der Waals surface area contributed by atoms with Crippen molar-refractivity contribution in [1.29, 1.82) is 0 Å². The summed E-state index contributed by atoms with van der Waals surface area (Å²) in [5.41, 5.74) is 3.71. The molecule has 1 aliphatic rings. The minimum absolute atomic E-state index is 0.193. The van der Waals surface area contributed by atoms with E-state index in [-0.39, 0.29) is 5.91 Å². The van der Waals surface area contributed by atoms with Crippen molar-refractivity contribution in [2.75, 3.05) is 27.9 Å². The Labute approximate surface area is 208 Å². The van der Waals surface area contributed by atoms with Gasteiger partial charge in [0.15, 0.2) is 11.5 Å². The van der Waals surface area contributed by atoms with Gasteiger partial charge in [0.25, 0.3) is 5.91 Å². The second-order valence-corrected chi connectivity index (χ2v) is 8.19. The van der Waals surface area contributed by atoms with E-state index in [0.29, 0.717) is 41.7 Å². The van der Waals surface area contributed by atoms with Crippen LogP contribution in [-0.4, -0.2) is 54.5 Å². The zero-order valence-corrected chi connectivity index (χ0v) is 20.3. The highest BCUT2D eigenvalue weighted by Crippen LogP contribution is 2.31. The number of hydrogen-bond donors (Lipinski definition) is 1. The Morgan fingerprint density at radius 3 is 2.42 bits per heavy atom. The molecule has 8 heteroatoms. The molecule has 1 aliphatic heterocycles. The summed E-state index contributed by atoms with van der Waals surface area (Å²) in [5.74, 6) is 2.99. The van der Waals surface area contributed by atoms with E-state index in [1.165, 1.54) is 0 Å². The van der Waals surface area contributed by atoms with Crippen LogP contribution in [0.25, 0.3) is 17.1 Å². The van der Waals surface area contributed by atoms with Gasteiger partial charge in [0, 0.05) is 13.0 Å². The van der Waals surface area contributed by atoms with Crippen molar-refractivity contribution >= 4 is 28.9 Å². The van der Waals surface area contributed by atoms with E-state index in [1.807, 2.05) is 60.7 Å². The van der Waals surface area contributed by atoms with Crippen molar-refractivity contribution in [3.05, 3.63) is 89.4 Å². The number of para-hydroxylation sites is 3. The summed E-state index contributed by atoms with van der Waals surface area (Å²) in [6, 6.07) is 20.9. The van der Waals surface area contributed by atoms with Crippen LogP contribution in [0.15, 0.2) is 77.4 Å². The van der Waals surface area contributed by atoms with Gasteiger partial charge < -0.3 is 19.2 Å². The lowest BCUT2D eigenvalue weighted by Gasteiger charge is -2.19. The average molecular weight is 483 g/mol. The minimum Gasteiger partial charge on any atom is -0.496 e. The molecule has 8 nitrogen and oxygen atoms in total. The number of carbonyl (C=O) groups is 1. The Hall–Kier alpha value is -4.59. The Kier molecular flexibility index (Phi) is 6.40. The van der Waals surface area contributed by atoms with Gasteiger partial charge in [-0.25, -0.2) is 9.98 Å².